The number of amides is 1. The van der Waals surface area contributed by atoms with Gasteiger partial charge < -0.3 is 9.64 Å². The third kappa shape index (κ3) is 3.12. The number of ether oxygens (including phenoxy) is 1. The van der Waals surface area contributed by atoms with Crippen LogP contribution in [0.25, 0.3) is 0 Å². The number of hydrogen-bond acceptors (Lipinski definition) is 5. The maximum Gasteiger partial charge on any atom is 0.246 e. The van der Waals surface area contributed by atoms with Crippen molar-refractivity contribution < 1.29 is 17.9 Å². The molecule has 1 unspecified atom stereocenters. The molecule has 2 aromatic rings. The van der Waals surface area contributed by atoms with Gasteiger partial charge >= 0.3 is 0 Å². The summed E-state index contributed by atoms with van der Waals surface area (Å²) in [6.45, 7) is 2.11. The van der Waals surface area contributed by atoms with E-state index in [2.05, 4.69) is 5.10 Å². The Hall–Kier alpha value is -2.39. The normalized spacial score (nSPS) is 19.2. The number of hydrogen-bond donors (Lipinski definition) is 0. The van der Waals surface area contributed by atoms with Gasteiger partial charge in [-0.3, -0.25) is 9.48 Å². The molecule has 9 heteroatoms. The summed E-state index contributed by atoms with van der Waals surface area (Å²) in [6, 6.07) is 6.32. The molecule has 0 bridgehead atoms. The highest BCUT2D eigenvalue weighted by Crippen LogP contribution is 2.26. The monoisotopic (exact) mass is 364 g/mol. The Kier molecular flexibility index (Phi) is 4.53. The minimum atomic E-state index is -3.76. The largest absolute Gasteiger partial charge is 0.497 e. The lowest BCUT2D eigenvalue weighted by atomic mass is 10.2. The molecule has 1 saturated heterocycles. The summed E-state index contributed by atoms with van der Waals surface area (Å²) < 4.78 is 33.3. The lowest BCUT2D eigenvalue weighted by Gasteiger charge is -2.38. The summed E-state index contributed by atoms with van der Waals surface area (Å²) in [7, 11) is -0.535. The molecule has 1 amide bonds. The molecule has 1 aliphatic rings. The van der Waals surface area contributed by atoms with Gasteiger partial charge in [-0.1, -0.05) is 0 Å². The van der Waals surface area contributed by atoms with Gasteiger partial charge in [0.05, 0.1) is 13.3 Å². The number of nitrogens with zero attached hydrogens (tertiary/aromatic N) is 4. The van der Waals surface area contributed by atoms with Crippen molar-refractivity contribution in [2.45, 2.75) is 17.9 Å². The van der Waals surface area contributed by atoms with Crippen LogP contribution in [0.15, 0.2) is 41.6 Å². The number of aromatic nitrogens is 2. The first-order valence-corrected chi connectivity index (χ1v) is 9.24. The van der Waals surface area contributed by atoms with E-state index in [0.717, 1.165) is 5.69 Å². The van der Waals surface area contributed by atoms with Gasteiger partial charge in [0.1, 0.15) is 16.7 Å². The van der Waals surface area contributed by atoms with E-state index in [9.17, 15) is 13.2 Å². The molecule has 25 heavy (non-hydrogen) atoms. The first-order valence-electron chi connectivity index (χ1n) is 7.80. The number of anilines is 1. The van der Waals surface area contributed by atoms with E-state index < -0.39 is 16.1 Å². The van der Waals surface area contributed by atoms with Crippen LogP contribution in [0.5, 0.6) is 5.75 Å². The van der Waals surface area contributed by atoms with E-state index in [4.69, 9.17) is 4.74 Å². The third-order valence-electron chi connectivity index (χ3n) is 4.27. The van der Waals surface area contributed by atoms with E-state index >= 15 is 0 Å². The van der Waals surface area contributed by atoms with E-state index in [1.54, 1.807) is 50.2 Å². The van der Waals surface area contributed by atoms with Crippen LogP contribution in [0, 0.1) is 0 Å². The van der Waals surface area contributed by atoms with Gasteiger partial charge in [-0.25, -0.2) is 8.42 Å². The summed E-state index contributed by atoms with van der Waals surface area (Å²) in [5.74, 6) is 0.436. The van der Waals surface area contributed by atoms with Crippen LogP contribution in [0.2, 0.25) is 0 Å². The van der Waals surface area contributed by atoms with Crippen LogP contribution in [0.3, 0.4) is 0 Å². The Bertz CT molecular complexity index is 876. The fourth-order valence-electron chi connectivity index (χ4n) is 2.87. The zero-order chi connectivity index (χ0) is 18.2. The zero-order valence-electron chi connectivity index (χ0n) is 14.3. The van der Waals surface area contributed by atoms with E-state index in [-0.39, 0.29) is 23.9 Å². The number of aryl methyl sites for hydroxylation is 1. The number of carbonyl (C=O) groups excluding carboxylic acids is 1. The number of piperazine rings is 1. The predicted octanol–water partition coefficient (Wildman–Crippen LogP) is 0.855. The van der Waals surface area contributed by atoms with Crippen LogP contribution in [0.4, 0.5) is 5.69 Å². The second kappa shape index (κ2) is 6.49. The summed E-state index contributed by atoms with van der Waals surface area (Å²) in [4.78, 5) is 14.4. The van der Waals surface area contributed by atoms with Gasteiger partial charge in [0.15, 0.2) is 0 Å². The van der Waals surface area contributed by atoms with Gasteiger partial charge in [-0.05, 0) is 31.2 Å². The minimum Gasteiger partial charge on any atom is -0.497 e. The van der Waals surface area contributed by atoms with Gasteiger partial charge in [0.2, 0.25) is 15.9 Å². The van der Waals surface area contributed by atoms with Crippen molar-refractivity contribution in [1.82, 2.24) is 14.1 Å². The van der Waals surface area contributed by atoms with Crippen molar-refractivity contribution in [3.8, 4) is 5.75 Å². The zero-order valence-corrected chi connectivity index (χ0v) is 15.1. The van der Waals surface area contributed by atoms with Crippen LogP contribution in [-0.2, 0) is 21.9 Å². The number of carbonyl (C=O) groups is 1. The molecule has 0 aliphatic carbocycles. The molecule has 0 radical (unpaired) electrons. The molecular formula is C16H20N4O4S. The fraction of sp³-hybridized carbons (Fsp3) is 0.375. The Balaban J connectivity index is 1.83. The van der Waals surface area contributed by atoms with Crippen molar-refractivity contribution in [3.63, 3.8) is 0 Å². The Labute approximate surface area is 146 Å². The molecule has 2 heterocycles. The Morgan fingerprint density at radius 2 is 1.88 bits per heavy atom. The molecule has 8 nitrogen and oxygen atoms in total. The third-order valence-corrected chi connectivity index (χ3v) is 6.19. The Morgan fingerprint density at radius 3 is 2.44 bits per heavy atom. The highest BCUT2D eigenvalue weighted by atomic mass is 32.2. The number of rotatable bonds is 4. The van der Waals surface area contributed by atoms with Crippen molar-refractivity contribution in [1.29, 1.82) is 0 Å². The van der Waals surface area contributed by atoms with E-state index in [1.807, 2.05) is 0 Å². The van der Waals surface area contributed by atoms with Crippen LogP contribution < -0.4 is 9.64 Å². The quantitative estimate of drug-likeness (QED) is 0.803. The number of benzene rings is 1. The molecule has 0 saturated carbocycles. The molecule has 1 aromatic heterocycles. The SMILES string of the molecule is COc1ccc(N2CCN(S(=O)(=O)c3cnn(C)c3)C(C)C2=O)cc1. The molecule has 1 atom stereocenters. The predicted molar refractivity (Wildman–Crippen MR) is 91.9 cm³/mol. The standard InChI is InChI=1S/C16H20N4O4S/c1-12-16(21)19(13-4-6-14(24-3)7-5-13)8-9-20(12)25(22,23)15-10-17-18(2)11-15/h4-7,10-12H,8-9H2,1-3H3. The lowest BCUT2D eigenvalue weighted by Crippen LogP contribution is -2.57. The Morgan fingerprint density at radius 1 is 1.20 bits per heavy atom. The van der Waals surface area contributed by atoms with E-state index in [0.29, 0.717) is 5.75 Å². The van der Waals surface area contributed by atoms with Gasteiger partial charge in [-0.15, -0.1) is 0 Å². The molecule has 1 aliphatic heterocycles. The molecule has 0 spiro atoms. The smallest absolute Gasteiger partial charge is 0.246 e. The maximum atomic E-state index is 12.8. The lowest BCUT2D eigenvalue weighted by molar-refractivity contribution is -0.123. The van der Waals surface area contributed by atoms with Crippen LogP contribution in [-0.4, -0.2) is 54.7 Å². The second-order valence-electron chi connectivity index (χ2n) is 5.83. The summed E-state index contributed by atoms with van der Waals surface area (Å²) in [6.07, 6.45) is 2.73. The van der Waals surface area contributed by atoms with Gasteiger partial charge in [-0.2, -0.15) is 9.40 Å². The van der Waals surface area contributed by atoms with Crippen LogP contribution >= 0.6 is 0 Å². The van der Waals surface area contributed by atoms with Crippen molar-refractivity contribution in [2.75, 3.05) is 25.1 Å². The maximum absolute atomic E-state index is 12.8. The average Bonchev–Trinajstić information content (AvgIpc) is 3.04. The number of methoxy groups -OCH3 is 1. The highest BCUT2D eigenvalue weighted by molar-refractivity contribution is 7.89. The van der Waals surface area contributed by atoms with Gasteiger partial charge in [0.25, 0.3) is 0 Å². The first kappa shape index (κ1) is 17.4. The highest BCUT2D eigenvalue weighted by Gasteiger charge is 2.40. The topological polar surface area (TPSA) is 84.7 Å². The van der Waals surface area contributed by atoms with Crippen molar-refractivity contribution >= 4 is 21.6 Å². The number of sulfonamides is 1. The molecular weight excluding hydrogens is 344 g/mol. The molecule has 1 aromatic carbocycles. The molecule has 1 fully saturated rings. The van der Waals surface area contributed by atoms with Gasteiger partial charge in [0, 0.05) is 32.0 Å². The molecule has 0 N–H and O–H groups in total. The minimum absolute atomic E-state index is 0.0903. The van der Waals surface area contributed by atoms with Crippen molar-refractivity contribution in [2.24, 2.45) is 7.05 Å². The molecule has 134 valence electrons. The second-order valence-corrected chi connectivity index (χ2v) is 7.72. The average molecular weight is 364 g/mol. The summed E-state index contributed by atoms with van der Waals surface area (Å²) >= 11 is 0. The summed E-state index contributed by atoms with van der Waals surface area (Å²) in [5.41, 5.74) is 0.719. The van der Waals surface area contributed by atoms with E-state index in [1.165, 1.54) is 21.4 Å². The molecule has 3 rings (SSSR count). The first-order chi connectivity index (χ1) is 11.8. The van der Waals surface area contributed by atoms with Crippen molar-refractivity contribution in [3.05, 3.63) is 36.7 Å². The summed E-state index contributed by atoms with van der Waals surface area (Å²) in [5, 5.41) is 3.90. The van der Waals surface area contributed by atoms with Crippen LogP contribution in [0.1, 0.15) is 6.92 Å². The fourth-order valence-corrected chi connectivity index (χ4v) is 4.43.